The fraction of sp³-hybridized carbons (Fsp3) is 0.450. The van der Waals surface area contributed by atoms with Crippen LogP contribution in [0.1, 0.15) is 44.3 Å². The molecule has 1 unspecified atom stereocenters. The summed E-state index contributed by atoms with van der Waals surface area (Å²) in [5.41, 5.74) is 7.11. The van der Waals surface area contributed by atoms with Crippen LogP contribution >= 0.6 is 0 Å². The summed E-state index contributed by atoms with van der Waals surface area (Å²) in [7, 11) is -2.10. The minimum Gasteiger partial charge on any atom is -0.455 e. The van der Waals surface area contributed by atoms with Crippen molar-refractivity contribution in [1.29, 1.82) is 0 Å². The molecule has 7 heteroatoms. The van der Waals surface area contributed by atoms with Gasteiger partial charge in [-0.1, -0.05) is 20.8 Å². The molecule has 27 heavy (non-hydrogen) atoms. The molecule has 3 rings (SSSR count). The van der Waals surface area contributed by atoms with Crippen molar-refractivity contribution < 1.29 is 18.3 Å². The van der Waals surface area contributed by atoms with Crippen LogP contribution in [0.2, 0.25) is 18.1 Å². The first-order chi connectivity index (χ1) is 12.7. The number of pyridine rings is 1. The lowest BCUT2D eigenvalue weighted by Crippen LogP contribution is -2.43. The van der Waals surface area contributed by atoms with Crippen LogP contribution in [0.15, 0.2) is 37.1 Å². The van der Waals surface area contributed by atoms with E-state index in [0.29, 0.717) is 16.5 Å². The second-order valence-corrected chi connectivity index (χ2v) is 13.0. The van der Waals surface area contributed by atoms with Crippen molar-refractivity contribution in [2.45, 2.75) is 51.3 Å². The van der Waals surface area contributed by atoms with E-state index in [-0.39, 0.29) is 11.6 Å². The molecule has 1 aromatic heterocycles. The topological polar surface area (TPSA) is 66.6 Å². The van der Waals surface area contributed by atoms with E-state index in [1.165, 1.54) is 18.6 Å². The average molecular weight is 391 g/mol. The number of benzene rings is 1. The van der Waals surface area contributed by atoms with E-state index in [0.717, 1.165) is 5.39 Å². The summed E-state index contributed by atoms with van der Waals surface area (Å²) < 4.78 is 32.3. The summed E-state index contributed by atoms with van der Waals surface area (Å²) in [5, 5.41) is 1.50. The van der Waals surface area contributed by atoms with E-state index >= 15 is 4.39 Å². The van der Waals surface area contributed by atoms with Gasteiger partial charge in [-0.2, -0.15) is 0 Å². The maximum Gasteiger partial charge on any atom is 0.269 e. The fourth-order valence-corrected chi connectivity index (χ4v) is 4.22. The Balaban J connectivity index is 2.10. The van der Waals surface area contributed by atoms with Gasteiger partial charge in [-0.05, 0) is 41.2 Å². The average Bonchev–Trinajstić information content (AvgIpc) is 3.12. The van der Waals surface area contributed by atoms with Crippen LogP contribution in [0.25, 0.3) is 10.8 Å². The Bertz CT molecular complexity index is 856. The number of nitrogens with two attached hydrogens (primary N) is 1. The molecule has 0 saturated carbocycles. The molecule has 1 aromatic carbocycles. The van der Waals surface area contributed by atoms with E-state index in [1.807, 2.05) is 0 Å². The molecule has 1 aliphatic heterocycles. The molecule has 0 amide bonds. The molecule has 2 heterocycles. The van der Waals surface area contributed by atoms with Crippen LogP contribution in [-0.2, 0) is 13.9 Å². The van der Waals surface area contributed by atoms with Gasteiger partial charge < -0.3 is 19.6 Å². The highest BCUT2D eigenvalue weighted by Gasteiger charge is 2.40. The number of aromatic nitrogens is 1. The second kappa shape index (κ2) is 7.22. The SMILES string of the molecule is CC(C)(C)[Si](C)(C)OC(CN)c1cc(F)c(C2OC=CO2)c2ccncc12. The lowest BCUT2D eigenvalue weighted by Gasteiger charge is -2.39. The predicted molar refractivity (Wildman–Crippen MR) is 106 cm³/mol. The number of fused-ring (bicyclic) bond motifs is 1. The summed E-state index contributed by atoms with van der Waals surface area (Å²) in [6.45, 7) is 11.1. The van der Waals surface area contributed by atoms with Crippen LogP contribution < -0.4 is 5.73 Å². The minimum atomic E-state index is -2.10. The number of nitrogens with zero attached hydrogens (tertiary/aromatic N) is 1. The molecule has 2 aromatic rings. The van der Waals surface area contributed by atoms with Crippen molar-refractivity contribution in [2.24, 2.45) is 5.73 Å². The molecule has 0 spiro atoms. The molecule has 1 aliphatic rings. The van der Waals surface area contributed by atoms with Gasteiger partial charge in [0.2, 0.25) is 0 Å². The molecule has 2 N–H and O–H groups in total. The van der Waals surface area contributed by atoms with E-state index in [4.69, 9.17) is 19.6 Å². The third-order valence-electron chi connectivity index (χ3n) is 5.46. The van der Waals surface area contributed by atoms with Crippen LogP contribution in [0.5, 0.6) is 0 Å². The Morgan fingerprint density at radius 1 is 1.26 bits per heavy atom. The molecular formula is C20H27FN2O3Si. The monoisotopic (exact) mass is 390 g/mol. The number of hydrogen-bond acceptors (Lipinski definition) is 5. The van der Waals surface area contributed by atoms with E-state index in [1.54, 1.807) is 18.5 Å². The van der Waals surface area contributed by atoms with Crippen molar-refractivity contribution in [3.05, 3.63) is 54.0 Å². The zero-order chi connectivity index (χ0) is 19.8. The molecule has 5 nitrogen and oxygen atoms in total. The Morgan fingerprint density at radius 3 is 2.52 bits per heavy atom. The Labute approximate surface area is 160 Å². The van der Waals surface area contributed by atoms with E-state index in [2.05, 4.69) is 38.8 Å². The Kier molecular flexibility index (Phi) is 5.29. The van der Waals surface area contributed by atoms with Gasteiger partial charge in [-0.3, -0.25) is 4.98 Å². The molecule has 0 bridgehead atoms. The molecule has 0 saturated heterocycles. The standard InChI is InChI=1S/C20H27FN2O3Si/c1-20(2,3)27(4,5)26-17(11-22)14-10-16(21)18(19-24-8-9-25-19)13-6-7-23-12-15(13)14/h6-10,12,17,19H,11,22H2,1-5H3. The summed E-state index contributed by atoms with van der Waals surface area (Å²) in [4.78, 5) is 4.23. The van der Waals surface area contributed by atoms with Crippen molar-refractivity contribution in [1.82, 2.24) is 4.98 Å². The van der Waals surface area contributed by atoms with Crippen molar-refractivity contribution in [2.75, 3.05) is 6.54 Å². The number of rotatable bonds is 5. The van der Waals surface area contributed by atoms with Crippen LogP contribution in [0.4, 0.5) is 4.39 Å². The summed E-state index contributed by atoms with van der Waals surface area (Å²) in [5.74, 6) is -0.408. The maximum atomic E-state index is 15.1. The number of hydrogen-bond donors (Lipinski definition) is 1. The molecule has 0 radical (unpaired) electrons. The first kappa shape index (κ1) is 19.8. The lowest BCUT2D eigenvalue weighted by molar-refractivity contribution is -0.0259. The third kappa shape index (κ3) is 3.72. The first-order valence-electron chi connectivity index (χ1n) is 9.05. The largest absolute Gasteiger partial charge is 0.455 e. The van der Waals surface area contributed by atoms with E-state index in [9.17, 15) is 0 Å². The highest BCUT2D eigenvalue weighted by atomic mass is 28.4. The van der Waals surface area contributed by atoms with Gasteiger partial charge in [0, 0.05) is 24.3 Å². The van der Waals surface area contributed by atoms with E-state index < -0.39 is 26.5 Å². The Morgan fingerprint density at radius 2 is 1.93 bits per heavy atom. The lowest BCUT2D eigenvalue weighted by atomic mass is 9.97. The smallest absolute Gasteiger partial charge is 0.269 e. The van der Waals surface area contributed by atoms with Gasteiger partial charge in [-0.15, -0.1) is 0 Å². The molecule has 1 atom stereocenters. The number of ether oxygens (including phenoxy) is 2. The van der Waals surface area contributed by atoms with Gasteiger partial charge in [0.05, 0.1) is 11.7 Å². The van der Waals surface area contributed by atoms with Crippen molar-refractivity contribution in [3.63, 3.8) is 0 Å². The molecular weight excluding hydrogens is 363 g/mol. The van der Waals surface area contributed by atoms with Gasteiger partial charge in [0.25, 0.3) is 6.29 Å². The van der Waals surface area contributed by atoms with Crippen LogP contribution in [-0.4, -0.2) is 19.8 Å². The van der Waals surface area contributed by atoms with Gasteiger partial charge in [-0.25, -0.2) is 4.39 Å². The minimum absolute atomic E-state index is 0.0180. The summed E-state index contributed by atoms with van der Waals surface area (Å²) >= 11 is 0. The van der Waals surface area contributed by atoms with Crippen LogP contribution in [0, 0.1) is 5.82 Å². The predicted octanol–water partition coefficient (Wildman–Crippen LogP) is 4.91. The van der Waals surface area contributed by atoms with Gasteiger partial charge in [0.1, 0.15) is 18.3 Å². The normalized spacial score (nSPS) is 16.4. The third-order valence-corrected chi connectivity index (χ3v) is 9.95. The number of halogens is 1. The second-order valence-electron chi connectivity index (χ2n) is 8.26. The van der Waals surface area contributed by atoms with Gasteiger partial charge in [0.15, 0.2) is 8.32 Å². The molecule has 0 aliphatic carbocycles. The van der Waals surface area contributed by atoms with Crippen molar-refractivity contribution in [3.8, 4) is 0 Å². The molecule has 146 valence electrons. The highest BCUT2D eigenvalue weighted by molar-refractivity contribution is 6.74. The van der Waals surface area contributed by atoms with Gasteiger partial charge >= 0.3 is 0 Å². The highest BCUT2D eigenvalue weighted by Crippen LogP contribution is 2.42. The zero-order valence-electron chi connectivity index (χ0n) is 16.5. The molecule has 0 fully saturated rings. The first-order valence-corrected chi connectivity index (χ1v) is 12.0. The summed E-state index contributed by atoms with van der Waals surface area (Å²) in [6.07, 6.45) is 4.95. The maximum absolute atomic E-state index is 15.1. The van der Waals surface area contributed by atoms with Crippen LogP contribution in [0.3, 0.4) is 0 Å². The summed E-state index contributed by atoms with van der Waals surface area (Å²) in [6, 6.07) is 3.25. The zero-order valence-corrected chi connectivity index (χ0v) is 17.5. The van der Waals surface area contributed by atoms with Crippen molar-refractivity contribution >= 4 is 19.1 Å². The quantitative estimate of drug-likeness (QED) is 0.735. The fourth-order valence-electron chi connectivity index (χ4n) is 2.93. The Hall–Kier alpha value is -1.96.